The first-order chi connectivity index (χ1) is 13.6. The first-order valence-corrected chi connectivity index (χ1v) is 9.38. The van der Waals surface area contributed by atoms with Crippen molar-refractivity contribution in [2.45, 2.75) is 33.6 Å². The van der Waals surface area contributed by atoms with Gasteiger partial charge < -0.3 is 5.11 Å². The molecule has 2 amide bonds. The highest BCUT2D eigenvalue weighted by Gasteiger charge is 2.57. The van der Waals surface area contributed by atoms with Gasteiger partial charge in [-0.1, -0.05) is 11.1 Å². The maximum atomic E-state index is 12.8. The molecule has 154 valence electrons. The highest BCUT2D eigenvalue weighted by atomic mass is 16.6. The summed E-state index contributed by atoms with van der Waals surface area (Å²) in [6, 6.07) is 3.88. The number of carbonyl (C=O) groups is 3. The van der Waals surface area contributed by atoms with Gasteiger partial charge in [0.15, 0.2) is 0 Å². The van der Waals surface area contributed by atoms with E-state index in [-0.39, 0.29) is 23.1 Å². The Morgan fingerprint density at radius 3 is 2.24 bits per heavy atom. The van der Waals surface area contributed by atoms with Gasteiger partial charge in [-0.3, -0.25) is 35.3 Å². The molecule has 1 aromatic carbocycles. The summed E-state index contributed by atoms with van der Waals surface area (Å²) < 4.78 is 0. The maximum Gasteiger partial charge on any atom is 0.307 e. The molecule has 4 atom stereocenters. The number of benzene rings is 1. The third-order valence-corrected chi connectivity index (χ3v) is 5.96. The molecular weight excluding hydrogens is 378 g/mol. The van der Waals surface area contributed by atoms with Crippen LogP contribution in [0.3, 0.4) is 0 Å². The molecule has 9 heteroatoms. The Labute approximate surface area is 167 Å². The summed E-state index contributed by atoms with van der Waals surface area (Å²) >= 11 is 0. The Hall–Kier alpha value is -3.23. The molecule has 29 heavy (non-hydrogen) atoms. The monoisotopic (exact) mass is 401 g/mol. The number of carboxylic acid groups (broad SMARTS) is 1. The van der Waals surface area contributed by atoms with E-state index in [4.69, 9.17) is 0 Å². The van der Waals surface area contributed by atoms with Gasteiger partial charge in [0.1, 0.15) is 0 Å². The smallest absolute Gasteiger partial charge is 0.307 e. The first kappa shape index (κ1) is 20.5. The van der Waals surface area contributed by atoms with Gasteiger partial charge in [0.25, 0.3) is 11.6 Å². The number of carboxylic acids is 1. The van der Waals surface area contributed by atoms with Gasteiger partial charge in [0.05, 0.1) is 16.8 Å². The van der Waals surface area contributed by atoms with Gasteiger partial charge in [-0.2, -0.15) is 0 Å². The van der Waals surface area contributed by atoms with E-state index in [2.05, 4.69) is 10.9 Å². The number of allylic oxidation sites excluding steroid dienone is 2. The Morgan fingerprint density at radius 1 is 1.10 bits per heavy atom. The van der Waals surface area contributed by atoms with Gasteiger partial charge >= 0.3 is 5.97 Å². The second-order valence-corrected chi connectivity index (χ2v) is 7.84. The van der Waals surface area contributed by atoms with Crippen molar-refractivity contribution >= 4 is 23.5 Å². The van der Waals surface area contributed by atoms with Gasteiger partial charge in [-0.05, 0) is 57.6 Å². The summed E-state index contributed by atoms with van der Waals surface area (Å²) in [6.07, 6.45) is 1.50. The number of hydrogen-bond donors (Lipinski definition) is 3. The molecule has 0 saturated heterocycles. The molecule has 3 rings (SSSR count). The Bertz CT molecular complexity index is 934. The molecule has 2 saturated carbocycles. The van der Waals surface area contributed by atoms with E-state index in [0.717, 1.165) is 24.0 Å². The number of nitrogens with one attached hydrogen (secondary N) is 2. The van der Waals surface area contributed by atoms with E-state index in [0.29, 0.717) is 5.56 Å². The molecule has 9 nitrogen and oxygen atoms in total. The van der Waals surface area contributed by atoms with Crippen LogP contribution in [0.2, 0.25) is 0 Å². The molecule has 3 N–H and O–H groups in total. The fourth-order valence-electron chi connectivity index (χ4n) is 4.88. The predicted molar refractivity (Wildman–Crippen MR) is 103 cm³/mol. The molecule has 4 unspecified atom stereocenters. The predicted octanol–water partition coefficient (Wildman–Crippen LogP) is 2.36. The van der Waals surface area contributed by atoms with Gasteiger partial charge in [-0.25, -0.2) is 0 Å². The second kappa shape index (κ2) is 7.65. The summed E-state index contributed by atoms with van der Waals surface area (Å²) in [5.41, 5.74) is 7.11. The van der Waals surface area contributed by atoms with Crippen molar-refractivity contribution in [3.63, 3.8) is 0 Å². The third kappa shape index (κ3) is 3.59. The number of rotatable bonds is 4. The first-order valence-electron chi connectivity index (χ1n) is 9.38. The SMILES string of the molecule is CC(C)=C1C2CCC1C(C(=O)NNC(=O)c1ccc([N+](=O)[O-])c(C)c1)C2C(=O)O. The van der Waals surface area contributed by atoms with Crippen LogP contribution in [0.5, 0.6) is 0 Å². The molecular formula is C20H23N3O6. The van der Waals surface area contributed by atoms with Gasteiger partial charge in [-0.15, -0.1) is 0 Å². The summed E-state index contributed by atoms with van der Waals surface area (Å²) in [6.45, 7) is 5.37. The van der Waals surface area contributed by atoms with Crippen molar-refractivity contribution in [2.75, 3.05) is 0 Å². The summed E-state index contributed by atoms with van der Waals surface area (Å²) in [7, 11) is 0. The van der Waals surface area contributed by atoms with Crippen LogP contribution in [0.25, 0.3) is 0 Å². The number of fused-ring (bicyclic) bond motifs is 2. The van der Waals surface area contributed by atoms with E-state index < -0.39 is 34.5 Å². The zero-order valence-corrected chi connectivity index (χ0v) is 16.4. The minimum absolute atomic E-state index is 0.105. The fourth-order valence-corrected chi connectivity index (χ4v) is 4.88. The van der Waals surface area contributed by atoms with E-state index in [1.807, 2.05) is 13.8 Å². The number of aryl methyl sites for hydroxylation is 1. The van der Waals surface area contributed by atoms with E-state index in [1.165, 1.54) is 25.1 Å². The zero-order valence-electron chi connectivity index (χ0n) is 16.4. The average Bonchev–Trinajstić information content (AvgIpc) is 3.21. The van der Waals surface area contributed by atoms with E-state index in [9.17, 15) is 29.6 Å². The normalized spacial score (nSPS) is 24.9. The van der Waals surface area contributed by atoms with Crippen molar-refractivity contribution in [3.8, 4) is 0 Å². The van der Waals surface area contributed by atoms with Crippen molar-refractivity contribution in [1.29, 1.82) is 0 Å². The molecule has 0 spiro atoms. The Morgan fingerprint density at radius 2 is 1.72 bits per heavy atom. The quantitative estimate of drug-likeness (QED) is 0.402. The number of amides is 2. The van der Waals surface area contributed by atoms with Gasteiger partial charge in [0, 0.05) is 17.2 Å². The molecule has 2 aliphatic rings. The number of hydrogen-bond acceptors (Lipinski definition) is 5. The highest BCUT2D eigenvalue weighted by Crippen LogP contribution is 2.57. The molecule has 0 radical (unpaired) electrons. The topological polar surface area (TPSA) is 139 Å². The van der Waals surface area contributed by atoms with Crippen LogP contribution in [0.4, 0.5) is 5.69 Å². The van der Waals surface area contributed by atoms with Crippen molar-refractivity contribution < 1.29 is 24.4 Å². The Kier molecular flexibility index (Phi) is 5.41. The zero-order chi connectivity index (χ0) is 21.5. The average molecular weight is 401 g/mol. The number of nitrogens with zero attached hydrogens (tertiary/aromatic N) is 1. The van der Waals surface area contributed by atoms with Crippen molar-refractivity contribution in [2.24, 2.45) is 23.7 Å². The second-order valence-electron chi connectivity index (χ2n) is 7.84. The largest absolute Gasteiger partial charge is 0.481 e. The summed E-state index contributed by atoms with van der Waals surface area (Å²) in [5, 5.41) is 20.6. The number of aliphatic carboxylic acids is 1. The van der Waals surface area contributed by atoms with Crippen LogP contribution in [-0.2, 0) is 9.59 Å². The molecule has 2 fully saturated rings. The van der Waals surface area contributed by atoms with Crippen molar-refractivity contribution in [1.82, 2.24) is 10.9 Å². The summed E-state index contributed by atoms with van der Waals surface area (Å²) in [5.74, 6) is -4.00. The van der Waals surface area contributed by atoms with Crippen LogP contribution in [0, 0.1) is 40.7 Å². The van der Waals surface area contributed by atoms with Crippen LogP contribution in [-0.4, -0.2) is 27.8 Å². The molecule has 1 aromatic rings. The van der Waals surface area contributed by atoms with Crippen LogP contribution >= 0.6 is 0 Å². The molecule has 0 heterocycles. The number of hydrazine groups is 1. The highest BCUT2D eigenvalue weighted by molar-refractivity contribution is 5.96. The van der Waals surface area contributed by atoms with Crippen LogP contribution < -0.4 is 10.9 Å². The summed E-state index contributed by atoms with van der Waals surface area (Å²) in [4.78, 5) is 47.2. The molecule has 0 aliphatic heterocycles. The fraction of sp³-hybridized carbons (Fsp3) is 0.450. The van der Waals surface area contributed by atoms with Crippen molar-refractivity contribution in [3.05, 3.63) is 50.6 Å². The minimum Gasteiger partial charge on any atom is -0.481 e. The van der Waals surface area contributed by atoms with E-state index >= 15 is 0 Å². The van der Waals surface area contributed by atoms with Crippen LogP contribution in [0.15, 0.2) is 29.3 Å². The molecule has 2 aliphatic carbocycles. The lowest BCUT2D eigenvalue weighted by atomic mass is 9.79. The maximum absolute atomic E-state index is 12.8. The number of nitro groups is 1. The third-order valence-electron chi connectivity index (χ3n) is 5.96. The van der Waals surface area contributed by atoms with Gasteiger partial charge in [0.2, 0.25) is 5.91 Å². The minimum atomic E-state index is -1.01. The Balaban J connectivity index is 1.73. The van der Waals surface area contributed by atoms with E-state index in [1.54, 1.807) is 0 Å². The standard InChI is InChI=1S/C20H23N3O6/c1-9(2)15-12-5-6-13(15)17(20(26)27)16(12)19(25)22-21-18(24)11-4-7-14(23(28)29)10(3)8-11/h4,7-8,12-13,16-17H,5-6H2,1-3H3,(H,21,24)(H,22,25)(H,26,27). The lowest BCUT2D eigenvalue weighted by Gasteiger charge is -2.26. The number of carbonyl (C=O) groups excluding carboxylic acids is 2. The molecule has 0 aromatic heterocycles. The lowest BCUT2D eigenvalue weighted by molar-refractivity contribution is -0.385. The molecule has 2 bridgehead atoms. The lowest BCUT2D eigenvalue weighted by Crippen LogP contribution is -2.48. The van der Waals surface area contributed by atoms with Crippen LogP contribution in [0.1, 0.15) is 42.6 Å². The number of nitro benzene ring substituents is 1.